The standard InChI is InChI=1S/C17H16BrN3O2S/c1-3-13-8-14-16(24-13)19-9-21(17(14)23)10(2)15(22)20-12-6-4-11(18)5-7-12/h4-10H,3H2,1-2H3,(H,20,22)/t10-/m0/s1. The quantitative estimate of drug-likeness (QED) is 0.713. The Labute approximate surface area is 151 Å². The zero-order valence-electron chi connectivity index (χ0n) is 13.2. The second kappa shape index (κ2) is 6.86. The topological polar surface area (TPSA) is 64.0 Å². The Morgan fingerprint density at radius 3 is 2.75 bits per heavy atom. The van der Waals surface area contributed by atoms with Crippen LogP contribution < -0.4 is 10.9 Å². The maximum atomic E-state index is 12.6. The number of aromatic nitrogens is 2. The molecule has 3 rings (SSSR count). The van der Waals surface area contributed by atoms with Gasteiger partial charge >= 0.3 is 0 Å². The summed E-state index contributed by atoms with van der Waals surface area (Å²) in [6.45, 7) is 3.73. The van der Waals surface area contributed by atoms with E-state index in [0.29, 0.717) is 15.9 Å². The molecule has 2 aromatic heterocycles. The number of benzene rings is 1. The number of amides is 1. The molecule has 0 spiro atoms. The molecule has 0 aliphatic carbocycles. The van der Waals surface area contributed by atoms with Gasteiger partial charge in [0.25, 0.3) is 5.56 Å². The van der Waals surface area contributed by atoms with Crippen LogP contribution in [0.1, 0.15) is 24.8 Å². The minimum atomic E-state index is -0.650. The van der Waals surface area contributed by atoms with Crippen molar-refractivity contribution in [2.75, 3.05) is 5.32 Å². The highest BCUT2D eigenvalue weighted by atomic mass is 79.9. The summed E-state index contributed by atoms with van der Waals surface area (Å²) in [4.78, 5) is 31.2. The average molecular weight is 406 g/mol. The number of carbonyl (C=O) groups excluding carboxylic acids is 1. The molecular weight excluding hydrogens is 390 g/mol. The lowest BCUT2D eigenvalue weighted by Gasteiger charge is -2.14. The summed E-state index contributed by atoms with van der Waals surface area (Å²) in [5.41, 5.74) is 0.496. The third-order valence-electron chi connectivity index (χ3n) is 3.78. The smallest absolute Gasteiger partial charge is 0.262 e. The number of rotatable bonds is 4. The predicted octanol–water partition coefficient (Wildman–Crippen LogP) is 3.98. The highest BCUT2D eigenvalue weighted by Crippen LogP contribution is 2.22. The SMILES string of the molecule is CCc1cc2c(=O)n([C@@H](C)C(=O)Nc3ccc(Br)cc3)cnc2s1. The van der Waals surface area contributed by atoms with Crippen LogP contribution >= 0.6 is 27.3 Å². The lowest BCUT2D eigenvalue weighted by molar-refractivity contribution is -0.118. The number of nitrogens with zero attached hydrogens (tertiary/aromatic N) is 2. The van der Waals surface area contributed by atoms with Crippen molar-refractivity contribution in [1.82, 2.24) is 9.55 Å². The van der Waals surface area contributed by atoms with E-state index in [-0.39, 0.29) is 11.5 Å². The molecule has 1 atom stereocenters. The van der Waals surface area contributed by atoms with E-state index in [9.17, 15) is 9.59 Å². The Morgan fingerprint density at radius 1 is 1.38 bits per heavy atom. The summed E-state index contributed by atoms with van der Waals surface area (Å²) >= 11 is 4.87. The molecule has 1 N–H and O–H groups in total. The van der Waals surface area contributed by atoms with Gasteiger partial charge in [-0.15, -0.1) is 11.3 Å². The van der Waals surface area contributed by atoms with Gasteiger partial charge in [0.1, 0.15) is 10.9 Å². The molecular formula is C17H16BrN3O2S. The van der Waals surface area contributed by atoms with Crippen molar-refractivity contribution < 1.29 is 4.79 Å². The molecule has 124 valence electrons. The van der Waals surface area contributed by atoms with E-state index >= 15 is 0 Å². The van der Waals surface area contributed by atoms with Crippen LogP contribution in [0.2, 0.25) is 0 Å². The number of carbonyl (C=O) groups is 1. The van der Waals surface area contributed by atoms with E-state index in [1.807, 2.05) is 25.1 Å². The number of halogens is 1. The van der Waals surface area contributed by atoms with Crippen LogP contribution in [0.4, 0.5) is 5.69 Å². The van der Waals surface area contributed by atoms with Crippen molar-refractivity contribution >= 4 is 49.1 Å². The van der Waals surface area contributed by atoms with Crippen LogP contribution in [0.25, 0.3) is 10.2 Å². The van der Waals surface area contributed by atoms with Gasteiger partial charge in [0.05, 0.1) is 11.7 Å². The van der Waals surface area contributed by atoms with Crippen molar-refractivity contribution in [3.63, 3.8) is 0 Å². The fourth-order valence-electron chi connectivity index (χ4n) is 2.34. The molecule has 0 saturated heterocycles. The van der Waals surface area contributed by atoms with E-state index in [0.717, 1.165) is 15.8 Å². The maximum absolute atomic E-state index is 12.6. The molecule has 0 aliphatic heterocycles. The Kier molecular flexibility index (Phi) is 4.82. The van der Waals surface area contributed by atoms with Gasteiger partial charge in [-0.05, 0) is 43.7 Å². The van der Waals surface area contributed by atoms with E-state index in [1.54, 1.807) is 19.1 Å². The summed E-state index contributed by atoms with van der Waals surface area (Å²) in [6.07, 6.45) is 2.31. The molecule has 3 aromatic rings. The van der Waals surface area contributed by atoms with Gasteiger partial charge < -0.3 is 5.32 Å². The van der Waals surface area contributed by atoms with Crippen molar-refractivity contribution in [3.8, 4) is 0 Å². The van der Waals surface area contributed by atoms with Crippen LogP contribution in [0, 0.1) is 0 Å². The first-order valence-electron chi connectivity index (χ1n) is 7.55. The summed E-state index contributed by atoms with van der Waals surface area (Å²) in [5, 5.41) is 3.39. The average Bonchev–Trinajstić information content (AvgIpc) is 3.01. The van der Waals surface area contributed by atoms with Gasteiger partial charge in [-0.1, -0.05) is 22.9 Å². The molecule has 0 fully saturated rings. The fourth-order valence-corrected chi connectivity index (χ4v) is 3.53. The molecule has 1 aromatic carbocycles. The van der Waals surface area contributed by atoms with Gasteiger partial charge in [0, 0.05) is 15.0 Å². The largest absolute Gasteiger partial charge is 0.324 e. The van der Waals surface area contributed by atoms with E-state index in [4.69, 9.17) is 0 Å². The second-order valence-corrected chi connectivity index (χ2v) is 7.45. The Hall–Kier alpha value is -1.99. The number of thiophene rings is 1. The molecule has 1 amide bonds. The van der Waals surface area contributed by atoms with Crippen LogP contribution in [-0.2, 0) is 11.2 Å². The van der Waals surface area contributed by atoms with Gasteiger partial charge in [-0.2, -0.15) is 0 Å². The van der Waals surface area contributed by atoms with E-state index in [2.05, 4.69) is 26.2 Å². The fraction of sp³-hybridized carbons (Fsp3) is 0.235. The highest BCUT2D eigenvalue weighted by molar-refractivity contribution is 9.10. The molecule has 0 radical (unpaired) electrons. The third-order valence-corrected chi connectivity index (χ3v) is 5.50. The molecule has 0 bridgehead atoms. The first-order valence-corrected chi connectivity index (χ1v) is 9.16. The second-order valence-electron chi connectivity index (χ2n) is 5.41. The highest BCUT2D eigenvalue weighted by Gasteiger charge is 2.18. The minimum Gasteiger partial charge on any atom is -0.324 e. The monoisotopic (exact) mass is 405 g/mol. The number of hydrogen-bond donors (Lipinski definition) is 1. The molecule has 0 unspecified atom stereocenters. The number of fused-ring (bicyclic) bond motifs is 1. The van der Waals surface area contributed by atoms with Crippen molar-refractivity contribution in [3.05, 3.63) is 56.4 Å². The molecule has 2 heterocycles. The maximum Gasteiger partial charge on any atom is 0.262 e. The molecule has 7 heteroatoms. The van der Waals surface area contributed by atoms with Crippen LogP contribution in [-0.4, -0.2) is 15.5 Å². The van der Waals surface area contributed by atoms with E-state index in [1.165, 1.54) is 22.2 Å². The lowest BCUT2D eigenvalue weighted by atomic mass is 10.2. The van der Waals surface area contributed by atoms with Gasteiger partial charge in [-0.25, -0.2) is 4.98 Å². The van der Waals surface area contributed by atoms with Gasteiger partial charge in [-0.3, -0.25) is 14.2 Å². The normalized spacial score (nSPS) is 12.3. The Morgan fingerprint density at radius 2 is 2.08 bits per heavy atom. The summed E-state index contributed by atoms with van der Waals surface area (Å²) in [6, 6.07) is 8.50. The first kappa shape index (κ1) is 16.9. The van der Waals surface area contributed by atoms with Crippen LogP contribution in [0.5, 0.6) is 0 Å². The minimum absolute atomic E-state index is 0.186. The summed E-state index contributed by atoms with van der Waals surface area (Å²) in [7, 11) is 0. The summed E-state index contributed by atoms with van der Waals surface area (Å²) in [5.74, 6) is -0.258. The van der Waals surface area contributed by atoms with Crippen molar-refractivity contribution in [1.29, 1.82) is 0 Å². The number of aryl methyl sites for hydroxylation is 1. The van der Waals surface area contributed by atoms with Crippen LogP contribution in [0.3, 0.4) is 0 Å². The molecule has 24 heavy (non-hydrogen) atoms. The zero-order chi connectivity index (χ0) is 17.3. The van der Waals surface area contributed by atoms with E-state index < -0.39 is 6.04 Å². The Balaban J connectivity index is 1.88. The summed E-state index contributed by atoms with van der Waals surface area (Å²) < 4.78 is 2.31. The molecule has 0 saturated carbocycles. The third kappa shape index (κ3) is 3.27. The number of hydrogen-bond acceptors (Lipinski definition) is 4. The molecule has 5 nitrogen and oxygen atoms in total. The first-order chi connectivity index (χ1) is 11.5. The zero-order valence-corrected chi connectivity index (χ0v) is 15.6. The predicted molar refractivity (Wildman–Crippen MR) is 101 cm³/mol. The number of nitrogens with one attached hydrogen (secondary N) is 1. The Bertz CT molecular complexity index is 947. The van der Waals surface area contributed by atoms with Crippen molar-refractivity contribution in [2.24, 2.45) is 0 Å². The van der Waals surface area contributed by atoms with Crippen molar-refractivity contribution in [2.45, 2.75) is 26.3 Å². The number of anilines is 1. The molecule has 0 aliphatic rings. The lowest BCUT2D eigenvalue weighted by Crippen LogP contribution is -2.31. The van der Waals surface area contributed by atoms with Gasteiger partial charge in [0.15, 0.2) is 0 Å². The van der Waals surface area contributed by atoms with Gasteiger partial charge in [0.2, 0.25) is 5.91 Å². The van der Waals surface area contributed by atoms with Crippen LogP contribution in [0.15, 0.2) is 45.9 Å².